The lowest BCUT2D eigenvalue weighted by Gasteiger charge is -2.55. The molecule has 1 aliphatic heterocycles. The summed E-state index contributed by atoms with van der Waals surface area (Å²) >= 11 is 0. The number of benzene rings is 1. The Hall–Kier alpha value is -2.68. The fraction of sp³-hybridized carbons (Fsp3) is 0.588. The number of ether oxygens (including phenoxy) is 1. The zero-order valence-electron chi connectivity index (χ0n) is 23.6. The van der Waals surface area contributed by atoms with Crippen LogP contribution in [0, 0.1) is 40.4 Å². The number of Topliss-reactive ketones (excluding diaryl/α,β-unsaturated/α-hetero) is 1. The Kier molecular flexibility index (Phi) is 6.84. The third kappa shape index (κ3) is 4.14. The Morgan fingerprint density at radius 3 is 2.62 bits per heavy atom. The summed E-state index contributed by atoms with van der Waals surface area (Å²) in [6, 6.07) is 9.09. The van der Waals surface area contributed by atoms with Crippen LogP contribution < -0.4 is 4.90 Å². The van der Waals surface area contributed by atoms with Crippen molar-refractivity contribution in [2.24, 2.45) is 28.6 Å². The van der Waals surface area contributed by atoms with E-state index in [1.165, 1.54) is 28.0 Å². The highest BCUT2D eigenvalue weighted by atomic mass is 16.5. The average molecular weight is 528 g/mol. The molecule has 2 saturated carbocycles. The van der Waals surface area contributed by atoms with Gasteiger partial charge in [0.25, 0.3) is 0 Å². The molecule has 0 radical (unpaired) electrons. The number of aliphatic hydroxyl groups excluding tert-OH is 1. The van der Waals surface area contributed by atoms with Gasteiger partial charge in [0.05, 0.1) is 18.6 Å². The standard InChI is InChI=1S/C34H41NO4/c1-22-19-29-31-11-13-34(23(2)37,12-4-16-36)33(31,3)21-30(32(29)27-10-9-26(38)20-28(22)27)24-5-7-25(8-6-24)35-14-17-39-18-15-35/h5-8,20,22,29-31,36H,9-11,13-19,21H2,1-3H3/t22?,29-,30?,31-,33-,34+/m0/s1. The summed E-state index contributed by atoms with van der Waals surface area (Å²) < 4.78 is 5.55. The second kappa shape index (κ2) is 10.1. The van der Waals surface area contributed by atoms with E-state index in [2.05, 4.69) is 54.9 Å². The van der Waals surface area contributed by atoms with E-state index in [1.807, 2.05) is 6.08 Å². The summed E-state index contributed by atoms with van der Waals surface area (Å²) in [5, 5.41) is 9.60. The van der Waals surface area contributed by atoms with Crippen LogP contribution in [0.3, 0.4) is 0 Å². The van der Waals surface area contributed by atoms with Crippen LogP contribution in [-0.4, -0.2) is 49.6 Å². The van der Waals surface area contributed by atoms with E-state index < -0.39 is 5.41 Å². The number of hydrogen-bond acceptors (Lipinski definition) is 5. The van der Waals surface area contributed by atoms with Gasteiger partial charge in [0.2, 0.25) is 0 Å². The van der Waals surface area contributed by atoms with E-state index in [9.17, 15) is 14.7 Å². The van der Waals surface area contributed by atoms with Crippen LogP contribution in [-0.2, 0) is 14.3 Å². The van der Waals surface area contributed by atoms with Gasteiger partial charge in [-0.15, -0.1) is 0 Å². The maximum Gasteiger partial charge on any atom is 0.156 e. The number of hydrogen-bond donors (Lipinski definition) is 1. The number of anilines is 1. The molecule has 3 fully saturated rings. The number of ketones is 2. The van der Waals surface area contributed by atoms with Gasteiger partial charge in [-0.1, -0.05) is 43.4 Å². The zero-order valence-corrected chi connectivity index (χ0v) is 23.6. The molecule has 2 unspecified atom stereocenters. The van der Waals surface area contributed by atoms with E-state index in [0.717, 1.165) is 58.4 Å². The normalized spacial score (nSPS) is 35.8. The molecule has 5 nitrogen and oxygen atoms in total. The molecule has 206 valence electrons. The second-order valence-electron chi connectivity index (χ2n) is 12.7. The molecule has 5 heteroatoms. The summed E-state index contributed by atoms with van der Waals surface area (Å²) in [7, 11) is 0. The molecule has 39 heavy (non-hydrogen) atoms. The minimum Gasteiger partial charge on any atom is -0.384 e. The van der Waals surface area contributed by atoms with Crippen molar-refractivity contribution < 1.29 is 19.4 Å². The fourth-order valence-corrected chi connectivity index (χ4v) is 9.08. The molecule has 0 aromatic heterocycles. The van der Waals surface area contributed by atoms with Gasteiger partial charge in [0, 0.05) is 31.1 Å². The minimum atomic E-state index is -0.732. The lowest BCUT2D eigenvalue weighted by molar-refractivity contribution is -0.130. The van der Waals surface area contributed by atoms with Crippen molar-refractivity contribution in [1.82, 2.24) is 0 Å². The Bertz CT molecular complexity index is 1290. The van der Waals surface area contributed by atoms with E-state index in [1.54, 1.807) is 6.92 Å². The predicted octanol–water partition coefficient (Wildman–Crippen LogP) is 5.24. The number of rotatable bonds is 3. The molecule has 6 atom stereocenters. The van der Waals surface area contributed by atoms with E-state index in [0.29, 0.717) is 24.2 Å². The summed E-state index contributed by atoms with van der Waals surface area (Å²) in [6.07, 6.45) is 6.96. The molecule has 4 aliphatic carbocycles. The minimum absolute atomic E-state index is 0.138. The highest BCUT2D eigenvalue weighted by Gasteiger charge is 2.65. The van der Waals surface area contributed by atoms with Crippen LogP contribution in [0.5, 0.6) is 0 Å². The van der Waals surface area contributed by atoms with Crippen molar-refractivity contribution in [1.29, 1.82) is 0 Å². The van der Waals surface area contributed by atoms with Gasteiger partial charge in [-0.05, 0) is 97.1 Å². The van der Waals surface area contributed by atoms with Crippen LogP contribution in [0.4, 0.5) is 5.69 Å². The molecular formula is C34H41NO4. The summed E-state index contributed by atoms with van der Waals surface area (Å²) in [5.74, 6) is 7.89. The highest BCUT2D eigenvalue weighted by molar-refractivity contribution is 5.93. The number of aliphatic hydroxyl groups is 1. The van der Waals surface area contributed by atoms with Crippen LogP contribution in [0.2, 0.25) is 0 Å². The summed E-state index contributed by atoms with van der Waals surface area (Å²) in [5.41, 5.74) is 5.72. The van der Waals surface area contributed by atoms with Gasteiger partial charge >= 0.3 is 0 Å². The molecule has 1 N–H and O–H groups in total. The van der Waals surface area contributed by atoms with Crippen LogP contribution in [0.15, 0.2) is 47.1 Å². The van der Waals surface area contributed by atoms with Crippen molar-refractivity contribution >= 4 is 17.3 Å². The van der Waals surface area contributed by atoms with Crippen molar-refractivity contribution in [3.05, 3.63) is 52.6 Å². The molecule has 1 aromatic carbocycles. The van der Waals surface area contributed by atoms with Crippen molar-refractivity contribution in [3.8, 4) is 11.8 Å². The first-order valence-electron chi connectivity index (χ1n) is 14.8. The van der Waals surface area contributed by atoms with Gasteiger partial charge in [-0.2, -0.15) is 0 Å². The van der Waals surface area contributed by atoms with Crippen LogP contribution in [0.25, 0.3) is 0 Å². The van der Waals surface area contributed by atoms with E-state index >= 15 is 0 Å². The zero-order chi connectivity index (χ0) is 27.4. The second-order valence-corrected chi connectivity index (χ2v) is 12.7. The first-order valence-corrected chi connectivity index (χ1v) is 14.8. The Balaban J connectivity index is 1.49. The molecule has 6 rings (SSSR count). The molecule has 1 aromatic rings. The average Bonchev–Trinajstić information content (AvgIpc) is 3.25. The van der Waals surface area contributed by atoms with Gasteiger partial charge in [0.1, 0.15) is 12.4 Å². The largest absolute Gasteiger partial charge is 0.384 e. The molecule has 1 saturated heterocycles. The maximum atomic E-state index is 13.4. The Morgan fingerprint density at radius 2 is 1.92 bits per heavy atom. The molecule has 5 aliphatic rings. The lowest BCUT2D eigenvalue weighted by Crippen LogP contribution is -2.50. The van der Waals surface area contributed by atoms with E-state index in [-0.39, 0.29) is 29.5 Å². The quantitative estimate of drug-likeness (QED) is 0.545. The highest BCUT2D eigenvalue weighted by Crippen LogP contribution is 2.70. The third-order valence-electron chi connectivity index (χ3n) is 10.9. The first-order chi connectivity index (χ1) is 18.8. The van der Waals surface area contributed by atoms with Crippen LogP contribution in [0.1, 0.15) is 70.8 Å². The van der Waals surface area contributed by atoms with Gasteiger partial charge in [0.15, 0.2) is 5.78 Å². The van der Waals surface area contributed by atoms with Gasteiger partial charge < -0.3 is 14.7 Å². The smallest absolute Gasteiger partial charge is 0.156 e. The van der Waals surface area contributed by atoms with Gasteiger partial charge in [-0.3, -0.25) is 9.59 Å². The third-order valence-corrected chi connectivity index (χ3v) is 10.9. The van der Waals surface area contributed by atoms with Crippen LogP contribution >= 0.6 is 0 Å². The molecule has 0 bridgehead atoms. The monoisotopic (exact) mass is 527 g/mol. The SMILES string of the molecule is CC(=O)[C@@]1(C#CCO)CC[C@H]2[C@@H]3CC(C)C4=CC(=O)CCC4=C3C(c3ccc(N4CCOCC4)cc3)C[C@@]21C. The van der Waals surface area contributed by atoms with Crippen molar-refractivity contribution in [3.63, 3.8) is 0 Å². The predicted molar refractivity (Wildman–Crippen MR) is 152 cm³/mol. The Labute approximate surface area is 232 Å². The number of allylic oxidation sites excluding steroid dienone is 4. The molecule has 0 spiro atoms. The van der Waals surface area contributed by atoms with Gasteiger partial charge in [-0.25, -0.2) is 0 Å². The number of morpholine rings is 1. The lowest BCUT2D eigenvalue weighted by atomic mass is 9.47. The summed E-state index contributed by atoms with van der Waals surface area (Å²) in [6.45, 7) is 9.41. The molecule has 0 amide bonds. The topological polar surface area (TPSA) is 66.8 Å². The maximum absolute atomic E-state index is 13.4. The number of nitrogens with zero attached hydrogens (tertiary/aromatic N) is 1. The number of carbonyl (C=O) groups is 2. The van der Waals surface area contributed by atoms with Crippen molar-refractivity contribution in [2.75, 3.05) is 37.8 Å². The fourth-order valence-electron chi connectivity index (χ4n) is 9.08. The number of fused-ring (bicyclic) bond motifs is 4. The van der Waals surface area contributed by atoms with E-state index in [4.69, 9.17) is 4.74 Å². The molecular weight excluding hydrogens is 486 g/mol. The summed E-state index contributed by atoms with van der Waals surface area (Å²) in [4.78, 5) is 28.3. The first kappa shape index (κ1) is 26.5. The van der Waals surface area contributed by atoms with Crippen molar-refractivity contribution in [2.45, 2.75) is 65.2 Å². The molecule has 1 heterocycles. The Morgan fingerprint density at radius 1 is 1.18 bits per heavy atom. The number of carbonyl (C=O) groups excluding carboxylic acids is 2.